The fraction of sp³-hybridized carbons (Fsp3) is 0.0588. The summed E-state index contributed by atoms with van der Waals surface area (Å²) in [4.78, 5) is 35.5. The number of benzene rings is 16. The summed E-state index contributed by atoms with van der Waals surface area (Å²) in [5, 5.41) is 10.1. The molecular weight excluding hydrogens is 2510 g/mol. The molecule has 0 unspecified atom stereocenters. The van der Waals surface area contributed by atoms with Gasteiger partial charge in [-0.15, -0.1) is 287 Å². The number of hydrogen-bond donors (Lipinski definition) is 0. The van der Waals surface area contributed by atoms with E-state index in [2.05, 4.69) is 310 Å². The molecule has 24 rings (SSSR count). The number of aromatic nitrogens is 8. The molecule has 0 aliphatic rings. The zero-order valence-electron chi connectivity index (χ0n) is 90.6. The molecule has 0 amide bonds. The summed E-state index contributed by atoms with van der Waals surface area (Å²) in [6.07, 6.45) is 12.3. The summed E-state index contributed by atoms with van der Waals surface area (Å²) in [7, 11) is 0. The van der Waals surface area contributed by atoms with Crippen molar-refractivity contribution in [3.8, 4) is 135 Å². The van der Waals surface area contributed by atoms with Gasteiger partial charge in [0.25, 0.3) is 0 Å². The van der Waals surface area contributed by atoms with Crippen molar-refractivity contribution < 1.29 is 92.8 Å². The van der Waals surface area contributed by atoms with Crippen LogP contribution in [0, 0.1) is 104 Å². The minimum absolute atomic E-state index is 0. The maximum absolute atomic E-state index is 7.33. The Balaban J connectivity index is 0.000000149. The van der Waals surface area contributed by atoms with Crippen LogP contribution < -0.4 is 0 Å². The predicted molar refractivity (Wildman–Crippen MR) is 598 cm³/mol. The minimum atomic E-state index is -2.09. The van der Waals surface area contributed by atoms with Gasteiger partial charge >= 0.3 is 0 Å². The van der Waals surface area contributed by atoms with Gasteiger partial charge in [0, 0.05) is 164 Å². The zero-order valence-corrected chi connectivity index (χ0v) is 91.2. The van der Waals surface area contributed by atoms with Gasteiger partial charge in [-0.3, -0.25) is 0 Å². The standard InChI is InChI=1S/4C22H16N.4C12H10N.4Ir/c4*1-16-14-22(18-9-3-2-4-10-18)23-15-21(16)20-13-7-11-17-8-5-6-12-19(17)20;1-10-6-5-9-12(13-10)11-7-3-2-4-8-11;2*1-10-7-8-13-12(9-10)11-5-3-2-4-6-11;1-10-7-8-12(13-9-10)11-5-3-2-4-6-11;;;;/h4*2-9,11-15H,1H3;2-7,9H,1H3;3*2-5,7-9H,1H3;;;;/q8*-1;;;;/i;;;;;3*1D3;;;;. The number of hydrogen-bond acceptors (Lipinski definition) is 8. The maximum Gasteiger partial charge on any atom is 0.0280 e. The quantitative estimate of drug-likeness (QED) is 0.111. The molecule has 0 bridgehead atoms. The topological polar surface area (TPSA) is 103 Å². The average Bonchev–Trinajstić information content (AvgIpc) is 0.795. The van der Waals surface area contributed by atoms with Crippen molar-refractivity contribution >= 4 is 43.1 Å². The smallest absolute Gasteiger partial charge is 0.0280 e. The Morgan fingerprint density at radius 1 is 0.182 bits per heavy atom. The van der Waals surface area contributed by atoms with E-state index in [-0.39, 0.29) is 86.0 Å². The Morgan fingerprint density at radius 3 is 0.662 bits per heavy atom. The van der Waals surface area contributed by atoms with Crippen LogP contribution in [0.1, 0.15) is 57.0 Å². The average molecular weight is 2630 g/mol. The fourth-order valence-corrected chi connectivity index (χ4v) is 16.6. The predicted octanol–water partition coefficient (Wildman–Crippen LogP) is 34.1. The van der Waals surface area contributed by atoms with Gasteiger partial charge in [-0.05, 0) is 212 Å². The molecule has 148 heavy (non-hydrogen) atoms. The fourth-order valence-electron chi connectivity index (χ4n) is 16.6. The van der Waals surface area contributed by atoms with E-state index >= 15 is 0 Å². The van der Waals surface area contributed by atoms with E-state index in [4.69, 9.17) is 12.3 Å². The van der Waals surface area contributed by atoms with Gasteiger partial charge in [0.05, 0.1) is 0 Å². The van der Waals surface area contributed by atoms with E-state index in [0.717, 1.165) is 84.4 Å². The molecule has 24 aromatic rings. The molecule has 0 spiro atoms. The number of fused-ring (bicyclic) bond motifs is 4. The second kappa shape index (κ2) is 55.6. The third kappa shape index (κ3) is 29.4. The van der Waals surface area contributed by atoms with Gasteiger partial charge in [0.2, 0.25) is 0 Å². The van der Waals surface area contributed by atoms with Crippen LogP contribution in [0.5, 0.6) is 0 Å². The van der Waals surface area contributed by atoms with E-state index in [0.29, 0.717) is 22.5 Å². The summed E-state index contributed by atoms with van der Waals surface area (Å²) < 4.78 is 65.7. The van der Waals surface area contributed by atoms with Crippen LogP contribution >= 0.6 is 0 Å². The molecular formula is C136H104Ir4N8-8. The number of nitrogens with zero attached hydrogens (tertiary/aromatic N) is 8. The summed E-state index contributed by atoms with van der Waals surface area (Å²) in [6.45, 7) is 4.30. The largest absolute Gasteiger partial charge is 0.305 e. The molecule has 0 saturated carbocycles. The monoisotopic (exact) mass is 2630 g/mol. The van der Waals surface area contributed by atoms with E-state index in [1.54, 1.807) is 42.5 Å². The van der Waals surface area contributed by atoms with E-state index in [1.807, 2.05) is 226 Å². The van der Waals surface area contributed by atoms with Crippen molar-refractivity contribution in [1.82, 2.24) is 39.9 Å². The van der Waals surface area contributed by atoms with Crippen LogP contribution in [0.4, 0.5) is 0 Å². The zero-order chi connectivity index (χ0) is 106. The first-order valence-electron chi connectivity index (χ1n) is 51.8. The van der Waals surface area contributed by atoms with Crippen molar-refractivity contribution in [3.05, 3.63) is 579 Å². The molecule has 0 atom stereocenters. The first-order chi connectivity index (χ1) is 74.4. The molecule has 8 heterocycles. The Morgan fingerprint density at radius 2 is 0.419 bits per heavy atom. The van der Waals surface area contributed by atoms with Crippen LogP contribution in [0.15, 0.2) is 486 Å². The Bertz CT molecular complexity index is 7950. The Hall–Kier alpha value is -15.6. The third-order valence-corrected chi connectivity index (χ3v) is 23.8. The molecule has 0 saturated heterocycles. The van der Waals surface area contributed by atoms with E-state index in [9.17, 15) is 0 Å². The normalized spacial score (nSPS) is 11.4. The maximum atomic E-state index is 7.33. The number of pyridine rings is 8. The molecule has 8 nitrogen and oxygen atoms in total. The Labute approximate surface area is 937 Å². The summed E-state index contributed by atoms with van der Waals surface area (Å²) in [5.74, 6) is 0. The van der Waals surface area contributed by atoms with E-state index < -0.39 is 20.6 Å². The van der Waals surface area contributed by atoms with Gasteiger partial charge in [0.1, 0.15) is 0 Å². The van der Waals surface area contributed by atoms with Crippen LogP contribution in [-0.4, -0.2) is 39.9 Å². The molecule has 0 aliphatic heterocycles. The van der Waals surface area contributed by atoms with Crippen molar-refractivity contribution in [1.29, 1.82) is 0 Å². The van der Waals surface area contributed by atoms with Gasteiger partial charge in [-0.25, -0.2) is 0 Å². The van der Waals surface area contributed by atoms with Crippen molar-refractivity contribution in [2.45, 2.75) is 55.2 Å². The third-order valence-electron chi connectivity index (χ3n) is 23.8. The molecule has 0 fully saturated rings. The second-order valence-corrected chi connectivity index (χ2v) is 33.8. The summed E-state index contributed by atoms with van der Waals surface area (Å²) >= 11 is 0. The van der Waals surface area contributed by atoms with Crippen LogP contribution in [0.3, 0.4) is 0 Å². The Kier molecular flexibility index (Phi) is 36.5. The number of aryl methyl sites for hydroxylation is 8. The van der Waals surface area contributed by atoms with Gasteiger partial charge in [0.15, 0.2) is 0 Å². The molecule has 732 valence electrons. The summed E-state index contributed by atoms with van der Waals surface area (Å²) in [6, 6.07) is 171. The van der Waals surface area contributed by atoms with Gasteiger partial charge in [-0.1, -0.05) is 242 Å². The van der Waals surface area contributed by atoms with Gasteiger partial charge in [-0.2, -0.15) is 0 Å². The first-order valence-corrected chi connectivity index (χ1v) is 47.3. The molecule has 16 aromatic carbocycles. The SMILES string of the molecule is Cc1cc(-c2[c-]cccc2)ncc1-c1cccc2ccccc12.Cc1cc(-c2[c-]cccc2)ncc1-c1cccc2ccccc12.Cc1cc(-c2[c-]cccc2)ncc1-c1cccc2ccccc12.Cc1cc(-c2[c-]cccc2)ncc1-c1cccc2ccccc12.Cc1cccc(-c2[c-]cccc2)n1.[2H]C([2H])([2H])c1ccc(-c2[c-]cccc2)nc1.[2H]C([2H])([2H])c1ccnc(-c2[c-]cccc2)c1.[2H]C([2H])([2H])c1ccnc(-c2[c-]cccc2)c1.[Ir].[Ir].[Ir].[Ir]. The molecule has 12 heteroatoms. The van der Waals surface area contributed by atoms with Crippen molar-refractivity contribution in [3.63, 3.8) is 0 Å². The molecule has 4 radical (unpaired) electrons. The molecule has 0 aliphatic carbocycles. The molecule has 8 aromatic heterocycles. The van der Waals surface area contributed by atoms with Crippen LogP contribution in [-0.2, 0) is 80.4 Å². The van der Waals surface area contributed by atoms with Crippen LogP contribution in [0.25, 0.3) is 178 Å². The molecule has 0 N–H and O–H groups in total. The van der Waals surface area contributed by atoms with E-state index in [1.165, 1.54) is 141 Å². The van der Waals surface area contributed by atoms with Crippen molar-refractivity contribution in [2.24, 2.45) is 0 Å². The number of rotatable bonds is 12. The van der Waals surface area contributed by atoms with Gasteiger partial charge < -0.3 is 39.9 Å². The second-order valence-electron chi connectivity index (χ2n) is 33.8. The first kappa shape index (κ1) is 97.1. The van der Waals surface area contributed by atoms with Crippen LogP contribution in [0.2, 0.25) is 0 Å². The summed E-state index contributed by atoms with van der Waals surface area (Å²) in [5.41, 5.74) is 30.9. The van der Waals surface area contributed by atoms with Crippen molar-refractivity contribution in [2.75, 3.05) is 0 Å². The minimum Gasteiger partial charge on any atom is -0.305 e.